The molecule has 176 valence electrons. The molecule has 0 unspecified atom stereocenters. The summed E-state index contributed by atoms with van der Waals surface area (Å²) >= 11 is 0. The number of benzene rings is 2. The number of anilines is 2. The first-order chi connectivity index (χ1) is 15.8. The van der Waals surface area contributed by atoms with Crippen LogP contribution in [0.15, 0.2) is 42.5 Å². The third-order valence-electron chi connectivity index (χ3n) is 6.42. The Kier molecular flexibility index (Phi) is 6.42. The van der Waals surface area contributed by atoms with Gasteiger partial charge in [0.2, 0.25) is 0 Å². The van der Waals surface area contributed by atoms with Gasteiger partial charge in [0.25, 0.3) is 0 Å². The summed E-state index contributed by atoms with van der Waals surface area (Å²) in [6, 6.07) is 12.5. The van der Waals surface area contributed by atoms with E-state index >= 15 is 4.39 Å². The molecule has 2 aliphatic rings. The molecule has 2 aromatic carbocycles. The molecule has 2 N–H and O–H groups in total. The molecular formula is C24H30FN5O3. The average Bonchev–Trinajstić information content (AvgIpc) is 3.19. The lowest BCUT2D eigenvalue weighted by molar-refractivity contribution is 0.0233. The maximum atomic E-state index is 15.3. The summed E-state index contributed by atoms with van der Waals surface area (Å²) < 4.78 is 20.6. The Morgan fingerprint density at radius 1 is 1.09 bits per heavy atom. The number of carbonyl (C=O) groups is 2. The summed E-state index contributed by atoms with van der Waals surface area (Å²) in [4.78, 5) is 32.1. The van der Waals surface area contributed by atoms with Gasteiger partial charge in [0.1, 0.15) is 6.61 Å². The van der Waals surface area contributed by atoms with Gasteiger partial charge in [-0.05, 0) is 23.6 Å². The predicted octanol–water partition coefficient (Wildman–Crippen LogP) is 2.80. The number of nitrogens with zero attached hydrogens (tertiary/aromatic N) is 4. The van der Waals surface area contributed by atoms with Crippen molar-refractivity contribution in [2.24, 2.45) is 5.92 Å². The molecule has 2 aromatic rings. The number of hydrogen-bond acceptors (Lipinski definition) is 6. The highest BCUT2D eigenvalue weighted by atomic mass is 19.1. The Balaban J connectivity index is 1.46. The molecule has 9 heteroatoms. The van der Waals surface area contributed by atoms with Gasteiger partial charge in [-0.2, -0.15) is 0 Å². The van der Waals surface area contributed by atoms with E-state index in [0.717, 1.165) is 5.56 Å². The van der Waals surface area contributed by atoms with Gasteiger partial charge in [-0.15, -0.1) is 0 Å². The number of nitrogens with two attached hydrogens (primary N) is 1. The SMILES string of the molecule is C[C@H]1CN(c2ccc(C(=O)OCc3ccccc3)c(N)c2F)C[C@H]1N1CN(C)C(=O)N(C)C1. The van der Waals surface area contributed by atoms with Gasteiger partial charge >= 0.3 is 12.0 Å². The van der Waals surface area contributed by atoms with Crippen LogP contribution in [0.4, 0.5) is 20.6 Å². The molecule has 2 saturated heterocycles. The molecule has 2 aliphatic heterocycles. The van der Waals surface area contributed by atoms with E-state index in [-0.39, 0.29) is 35.8 Å². The second-order valence-corrected chi connectivity index (χ2v) is 8.92. The predicted molar refractivity (Wildman–Crippen MR) is 124 cm³/mol. The fourth-order valence-electron chi connectivity index (χ4n) is 4.64. The van der Waals surface area contributed by atoms with Gasteiger partial charge in [0, 0.05) is 33.2 Å². The van der Waals surface area contributed by atoms with Crippen molar-refractivity contribution in [1.29, 1.82) is 0 Å². The van der Waals surface area contributed by atoms with Crippen LogP contribution in [0.2, 0.25) is 0 Å². The number of amides is 2. The standard InChI is InChI=1S/C24H30FN5O3/c1-16-11-29(12-20(16)30-14-27(2)24(32)28(3)15-30)19-10-9-18(22(26)21(19)25)23(31)33-13-17-7-5-4-6-8-17/h4-10,16,20H,11-15,26H2,1-3H3/t16-,20+/m0/s1. The van der Waals surface area contributed by atoms with Crippen LogP contribution >= 0.6 is 0 Å². The lowest BCUT2D eigenvalue weighted by atomic mass is 10.1. The minimum atomic E-state index is -0.654. The van der Waals surface area contributed by atoms with Crippen LogP contribution in [0, 0.1) is 11.7 Å². The van der Waals surface area contributed by atoms with E-state index in [4.69, 9.17) is 10.5 Å². The van der Waals surface area contributed by atoms with Gasteiger partial charge in [-0.3, -0.25) is 4.90 Å². The Hall–Kier alpha value is -3.33. The smallest absolute Gasteiger partial charge is 0.340 e. The molecule has 0 bridgehead atoms. The quantitative estimate of drug-likeness (QED) is 0.552. The second kappa shape index (κ2) is 9.27. The van der Waals surface area contributed by atoms with Crippen LogP contribution in [0.5, 0.6) is 0 Å². The molecule has 4 rings (SSSR count). The van der Waals surface area contributed by atoms with Crippen molar-refractivity contribution in [3.63, 3.8) is 0 Å². The maximum absolute atomic E-state index is 15.3. The summed E-state index contributed by atoms with van der Waals surface area (Å²) in [5.74, 6) is -1.00. The van der Waals surface area contributed by atoms with Crippen LogP contribution < -0.4 is 10.6 Å². The minimum absolute atomic E-state index is 0.0117. The van der Waals surface area contributed by atoms with E-state index < -0.39 is 11.8 Å². The third kappa shape index (κ3) is 4.59. The van der Waals surface area contributed by atoms with Crippen molar-refractivity contribution in [3.8, 4) is 0 Å². The van der Waals surface area contributed by atoms with Crippen LogP contribution in [0.1, 0.15) is 22.8 Å². The highest BCUT2D eigenvalue weighted by Gasteiger charge is 2.39. The van der Waals surface area contributed by atoms with E-state index in [1.165, 1.54) is 6.07 Å². The summed E-state index contributed by atoms with van der Waals surface area (Å²) in [5.41, 5.74) is 7.05. The van der Waals surface area contributed by atoms with Crippen molar-refractivity contribution in [3.05, 3.63) is 59.4 Å². The van der Waals surface area contributed by atoms with Gasteiger partial charge < -0.3 is 25.2 Å². The van der Waals surface area contributed by atoms with Gasteiger partial charge in [-0.1, -0.05) is 37.3 Å². The molecule has 0 radical (unpaired) electrons. The molecule has 0 saturated carbocycles. The zero-order valence-corrected chi connectivity index (χ0v) is 19.2. The van der Waals surface area contributed by atoms with Crippen molar-refractivity contribution in [1.82, 2.24) is 14.7 Å². The first kappa shape index (κ1) is 22.8. The summed E-state index contributed by atoms with van der Waals surface area (Å²) in [6.45, 7) is 4.53. The minimum Gasteiger partial charge on any atom is -0.457 e. The number of nitrogen functional groups attached to an aromatic ring is 1. The monoisotopic (exact) mass is 455 g/mol. The van der Waals surface area contributed by atoms with Crippen molar-refractivity contribution < 1.29 is 18.7 Å². The lowest BCUT2D eigenvalue weighted by Crippen LogP contribution is -2.59. The van der Waals surface area contributed by atoms with Crippen molar-refractivity contribution in [2.75, 3.05) is 51.2 Å². The molecule has 8 nitrogen and oxygen atoms in total. The average molecular weight is 456 g/mol. The zero-order valence-electron chi connectivity index (χ0n) is 19.2. The summed E-state index contributed by atoms with van der Waals surface area (Å²) in [6.07, 6.45) is 0. The van der Waals surface area contributed by atoms with E-state index in [1.807, 2.05) is 35.2 Å². The maximum Gasteiger partial charge on any atom is 0.340 e. The first-order valence-corrected chi connectivity index (χ1v) is 11.0. The Labute approximate surface area is 193 Å². The Bertz CT molecular complexity index is 1020. The van der Waals surface area contributed by atoms with Gasteiger partial charge in [0.05, 0.1) is 30.3 Å². The molecule has 0 aliphatic carbocycles. The number of hydrogen-bond donors (Lipinski definition) is 1. The van der Waals surface area contributed by atoms with Crippen LogP contribution in [-0.4, -0.2) is 73.3 Å². The van der Waals surface area contributed by atoms with Crippen LogP contribution in [0.25, 0.3) is 0 Å². The summed E-state index contributed by atoms with van der Waals surface area (Å²) in [5, 5.41) is 0. The molecule has 0 spiro atoms. The number of carbonyl (C=O) groups excluding carboxylic acids is 2. The number of halogens is 1. The van der Waals surface area contributed by atoms with Crippen molar-refractivity contribution >= 4 is 23.4 Å². The molecule has 0 aromatic heterocycles. The van der Waals surface area contributed by atoms with E-state index in [0.29, 0.717) is 32.1 Å². The van der Waals surface area contributed by atoms with E-state index in [2.05, 4.69) is 11.8 Å². The second-order valence-electron chi connectivity index (χ2n) is 8.92. The lowest BCUT2D eigenvalue weighted by Gasteiger charge is -2.42. The number of urea groups is 1. The largest absolute Gasteiger partial charge is 0.457 e. The number of esters is 1. The van der Waals surface area contributed by atoms with Crippen molar-refractivity contribution in [2.45, 2.75) is 19.6 Å². The third-order valence-corrected chi connectivity index (χ3v) is 6.42. The molecule has 2 atom stereocenters. The Morgan fingerprint density at radius 2 is 1.76 bits per heavy atom. The molecular weight excluding hydrogens is 425 g/mol. The molecule has 2 heterocycles. The highest BCUT2D eigenvalue weighted by molar-refractivity contribution is 5.96. The highest BCUT2D eigenvalue weighted by Crippen LogP contribution is 2.33. The van der Waals surface area contributed by atoms with E-state index in [9.17, 15) is 9.59 Å². The molecule has 2 amide bonds. The van der Waals surface area contributed by atoms with Crippen LogP contribution in [-0.2, 0) is 11.3 Å². The fraction of sp³-hybridized carbons (Fsp3) is 0.417. The van der Waals surface area contributed by atoms with Gasteiger partial charge in [-0.25, -0.2) is 14.0 Å². The number of ether oxygens (including phenoxy) is 1. The Morgan fingerprint density at radius 3 is 2.42 bits per heavy atom. The van der Waals surface area contributed by atoms with E-state index in [1.54, 1.807) is 30.0 Å². The number of rotatable bonds is 5. The first-order valence-electron chi connectivity index (χ1n) is 11.0. The topological polar surface area (TPSA) is 82.4 Å². The fourth-order valence-corrected chi connectivity index (χ4v) is 4.64. The normalized spacial score (nSPS) is 21.6. The molecule has 2 fully saturated rings. The summed E-state index contributed by atoms with van der Waals surface area (Å²) in [7, 11) is 3.55. The molecule has 33 heavy (non-hydrogen) atoms. The zero-order chi connectivity index (χ0) is 23.7. The van der Waals surface area contributed by atoms with Crippen LogP contribution in [0.3, 0.4) is 0 Å². The van der Waals surface area contributed by atoms with Gasteiger partial charge in [0.15, 0.2) is 5.82 Å².